The Bertz CT molecular complexity index is 707. The fourth-order valence-corrected chi connectivity index (χ4v) is 3.55. The quantitative estimate of drug-likeness (QED) is 0.811. The molecule has 1 aliphatic heterocycles. The van der Waals surface area contributed by atoms with Gasteiger partial charge in [-0.05, 0) is 38.3 Å². The number of carbonyl (C=O) groups excluding carboxylic acids is 1. The highest BCUT2D eigenvalue weighted by Crippen LogP contribution is 2.18. The van der Waals surface area contributed by atoms with Crippen LogP contribution < -0.4 is 10.6 Å². The molecular formula is C19H28N4O2. The van der Waals surface area contributed by atoms with Gasteiger partial charge >= 0.3 is 6.03 Å². The van der Waals surface area contributed by atoms with Crippen LogP contribution in [0.1, 0.15) is 38.9 Å². The van der Waals surface area contributed by atoms with Crippen LogP contribution in [0.2, 0.25) is 0 Å². The second-order valence-electron chi connectivity index (χ2n) is 6.48. The molecule has 1 saturated heterocycles. The van der Waals surface area contributed by atoms with E-state index in [1.807, 2.05) is 18.2 Å². The highest BCUT2D eigenvalue weighted by atomic mass is 16.5. The van der Waals surface area contributed by atoms with Crippen molar-refractivity contribution in [1.82, 2.24) is 20.2 Å². The number of urea groups is 1. The molecule has 1 aliphatic rings. The number of hydrogen-bond acceptors (Lipinski definition) is 3. The van der Waals surface area contributed by atoms with E-state index in [-0.39, 0.29) is 18.2 Å². The highest BCUT2D eigenvalue weighted by molar-refractivity contribution is 5.76. The third kappa shape index (κ3) is 4.12. The molecule has 3 rings (SSSR count). The van der Waals surface area contributed by atoms with Gasteiger partial charge in [0.15, 0.2) is 0 Å². The third-order valence-corrected chi connectivity index (χ3v) is 4.85. The first-order valence-electron chi connectivity index (χ1n) is 9.33. The average molecular weight is 344 g/mol. The zero-order valence-corrected chi connectivity index (χ0v) is 15.1. The molecule has 2 atom stereocenters. The molecule has 136 valence electrons. The Labute approximate surface area is 149 Å². The Hall–Kier alpha value is -2.08. The lowest BCUT2D eigenvalue weighted by atomic mass is 10.1. The summed E-state index contributed by atoms with van der Waals surface area (Å²) in [7, 11) is 0. The zero-order chi connectivity index (χ0) is 17.6. The number of nitrogens with one attached hydrogen (secondary N) is 2. The molecule has 0 saturated carbocycles. The van der Waals surface area contributed by atoms with E-state index in [0.29, 0.717) is 13.0 Å². The van der Waals surface area contributed by atoms with Gasteiger partial charge in [-0.3, -0.25) is 0 Å². The predicted octanol–water partition coefficient (Wildman–Crippen LogP) is 2.86. The first-order chi connectivity index (χ1) is 12.2. The van der Waals surface area contributed by atoms with E-state index >= 15 is 0 Å². The van der Waals surface area contributed by atoms with Gasteiger partial charge in [0.2, 0.25) is 0 Å². The van der Waals surface area contributed by atoms with E-state index in [1.54, 1.807) is 0 Å². The molecule has 6 nitrogen and oxygen atoms in total. The smallest absolute Gasteiger partial charge is 0.315 e. The van der Waals surface area contributed by atoms with Crippen molar-refractivity contribution in [3.8, 4) is 0 Å². The first kappa shape index (κ1) is 17.7. The summed E-state index contributed by atoms with van der Waals surface area (Å²) in [5.41, 5.74) is 2.15. The van der Waals surface area contributed by atoms with Crippen LogP contribution in [0.4, 0.5) is 4.79 Å². The van der Waals surface area contributed by atoms with Gasteiger partial charge in [-0.25, -0.2) is 9.78 Å². The number of hydrogen-bond donors (Lipinski definition) is 2. The van der Waals surface area contributed by atoms with E-state index in [1.165, 1.54) is 0 Å². The van der Waals surface area contributed by atoms with Gasteiger partial charge in [0.1, 0.15) is 5.82 Å². The summed E-state index contributed by atoms with van der Waals surface area (Å²) in [6.45, 7) is 6.44. The topological polar surface area (TPSA) is 68.2 Å². The van der Waals surface area contributed by atoms with Crippen molar-refractivity contribution >= 4 is 17.1 Å². The molecule has 0 spiro atoms. The minimum absolute atomic E-state index is 0.0858. The standard InChI is InChI=1S/C19H28N4O2/c1-3-14(17-10-7-13-25-17)22-19(24)20-12-11-18-21-15-8-5-6-9-16(15)23(18)4-2/h5-6,8-9,14,17H,3-4,7,10-13H2,1-2H3,(H2,20,22,24)/t14-,17-/m1/s1. The largest absolute Gasteiger partial charge is 0.376 e. The maximum atomic E-state index is 12.2. The second kappa shape index (κ2) is 8.34. The SMILES string of the molecule is CC[C@@H](NC(=O)NCCc1nc2ccccc2n1CC)[C@H]1CCCO1. The molecule has 1 aromatic heterocycles. The number of rotatable bonds is 7. The summed E-state index contributed by atoms with van der Waals surface area (Å²) >= 11 is 0. The molecule has 0 aliphatic carbocycles. The van der Waals surface area contributed by atoms with Crippen molar-refractivity contribution < 1.29 is 9.53 Å². The first-order valence-corrected chi connectivity index (χ1v) is 9.33. The van der Waals surface area contributed by atoms with Crippen molar-refractivity contribution in [1.29, 1.82) is 0 Å². The fourth-order valence-electron chi connectivity index (χ4n) is 3.55. The number of para-hydroxylation sites is 2. The van der Waals surface area contributed by atoms with Crippen LogP contribution in [0.3, 0.4) is 0 Å². The molecule has 2 heterocycles. The molecule has 2 aromatic rings. The van der Waals surface area contributed by atoms with Crippen molar-refractivity contribution in [2.24, 2.45) is 0 Å². The van der Waals surface area contributed by atoms with E-state index in [9.17, 15) is 4.79 Å². The second-order valence-corrected chi connectivity index (χ2v) is 6.48. The summed E-state index contributed by atoms with van der Waals surface area (Å²) in [5, 5.41) is 6.00. The van der Waals surface area contributed by atoms with Crippen molar-refractivity contribution in [2.45, 2.75) is 58.2 Å². The van der Waals surface area contributed by atoms with Gasteiger partial charge < -0.3 is 19.9 Å². The minimum Gasteiger partial charge on any atom is -0.376 e. The van der Waals surface area contributed by atoms with Gasteiger partial charge in [-0.2, -0.15) is 0 Å². The number of benzene rings is 1. The third-order valence-electron chi connectivity index (χ3n) is 4.85. The number of amides is 2. The Morgan fingerprint density at radius 1 is 1.40 bits per heavy atom. The van der Waals surface area contributed by atoms with Crippen molar-refractivity contribution in [2.75, 3.05) is 13.2 Å². The van der Waals surface area contributed by atoms with Crippen LogP contribution in [0.5, 0.6) is 0 Å². The van der Waals surface area contributed by atoms with E-state index < -0.39 is 0 Å². The maximum Gasteiger partial charge on any atom is 0.315 e. The monoisotopic (exact) mass is 344 g/mol. The lowest BCUT2D eigenvalue weighted by molar-refractivity contribution is 0.0797. The number of aryl methyl sites for hydroxylation is 1. The van der Waals surface area contributed by atoms with Crippen molar-refractivity contribution in [3.05, 3.63) is 30.1 Å². The number of fused-ring (bicyclic) bond motifs is 1. The van der Waals surface area contributed by atoms with Crippen LogP contribution >= 0.6 is 0 Å². The molecule has 2 N–H and O–H groups in total. The summed E-state index contributed by atoms with van der Waals surface area (Å²) < 4.78 is 7.89. The molecule has 0 bridgehead atoms. The Kier molecular flexibility index (Phi) is 5.91. The Morgan fingerprint density at radius 3 is 2.96 bits per heavy atom. The lowest BCUT2D eigenvalue weighted by Gasteiger charge is -2.23. The molecule has 2 amide bonds. The van der Waals surface area contributed by atoms with E-state index in [2.05, 4.69) is 35.1 Å². The Morgan fingerprint density at radius 2 is 2.24 bits per heavy atom. The summed E-state index contributed by atoms with van der Waals surface area (Å²) in [6, 6.07) is 8.11. The predicted molar refractivity (Wildman–Crippen MR) is 98.7 cm³/mol. The number of nitrogens with zero attached hydrogens (tertiary/aromatic N) is 2. The summed E-state index contributed by atoms with van der Waals surface area (Å²) in [6.07, 6.45) is 3.85. The summed E-state index contributed by atoms with van der Waals surface area (Å²) in [4.78, 5) is 16.9. The number of imidazole rings is 1. The highest BCUT2D eigenvalue weighted by Gasteiger charge is 2.25. The van der Waals surface area contributed by atoms with Gasteiger partial charge in [-0.1, -0.05) is 19.1 Å². The number of ether oxygens (including phenoxy) is 1. The molecule has 1 aromatic carbocycles. The minimum atomic E-state index is -0.124. The van der Waals surface area contributed by atoms with Crippen LogP contribution in [-0.2, 0) is 17.7 Å². The summed E-state index contributed by atoms with van der Waals surface area (Å²) in [5.74, 6) is 1.01. The van der Waals surface area contributed by atoms with Gasteiger partial charge in [0.05, 0.1) is 23.2 Å². The fraction of sp³-hybridized carbons (Fsp3) is 0.579. The van der Waals surface area contributed by atoms with Gasteiger partial charge in [0.25, 0.3) is 0 Å². The van der Waals surface area contributed by atoms with Gasteiger partial charge in [0, 0.05) is 26.1 Å². The maximum absolute atomic E-state index is 12.2. The van der Waals surface area contributed by atoms with Crippen molar-refractivity contribution in [3.63, 3.8) is 0 Å². The average Bonchev–Trinajstić information content (AvgIpc) is 3.27. The van der Waals surface area contributed by atoms with Crippen LogP contribution in [0, 0.1) is 0 Å². The molecule has 0 radical (unpaired) electrons. The van der Waals surface area contributed by atoms with E-state index in [4.69, 9.17) is 9.72 Å². The normalized spacial score (nSPS) is 18.4. The lowest BCUT2D eigenvalue weighted by Crippen LogP contribution is -2.47. The van der Waals surface area contributed by atoms with Crippen LogP contribution in [0.25, 0.3) is 11.0 Å². The molecule has 25 heavy (non-hydrogen) atoms. The number of aromatic nitrogens is 2. The molecule has 1 fully saturated rings. The molecule has 6 heteroatoms. The number of carbonyl (C=O) groups is 1. The molecule has 0 unspecified atom stereocenters. The molecular weight excluding hydrogens is 316 g/mol. The Balaban J connectivity index is 1.53. The van der Waals surface area contributed by atoms with E-state index in [0.717, 1.165) is 49.3 Å². The van der Waals surface area contributed by atoms with Crippen LogP contribution in [-0.4, -0.2) is 40.9 Å². The van der Waals surface area contributed by atoms with Crippen LogP contribution in [0.15, 0.2) is 24.3 Å². The zero-order valence-electron chi connectivity index (χ0n) is 15.1. The van der Waals surface area contributed by atoms with Gasteiger partial charge in [-0.15, -0.1) is 0 Å².